The van der Waals surface area contributed by atoms with E-state index in [9.17, 15) is 9.59 Å². The SMILES string of the molecule is CCOC(=O)c1nc(C2SCCSC2CC)sc1C(C)=O. The molecule has 1 aliphatic rings. The highest BCUT2D eigenvalue weighted by atomic mass is 32.2. The first kappa shape index (κ1) is 16.8. The minimum Gasteiger partial charge on any atom is -0.461 e. The molecular weight excluding hydrogens is 326 g/mol. The number of carbonyl (C=O) groups excluding carboxylic acids is 2. The summed E-state index contributed by atoms with van der Waals surface area (Å²) in [7, 11) is 0. The van der Waals surface area contributed by atoms with Crippen molar-refractivity contribution in [2.45, 2.75) is 37.7 Å². The van der Waals surface area contributed by atoms with Crippen molar-refractivity contribution in [3.63, 3.8) is 0 Å². The van der Waals surface area contributed by atoms with E-state index in [0.717, 1.165) is 22.9 Å². The van der Waals surface area contributed by atoms with Gasteiger partial charge >= 0.3 is 5.97 Å². The Morgan fingerprint density at radius 2 is 2.00 bits per heavy atom. The third kappa shape index (κ3) is 3.81. The molecule has 116 valence electrons. The zero-order valence-corrected chi connectivity index (χ0v) is 14.8. The van der Waals surface area contributed by atoms with Gasteiger partial charge in [-0.1, -0.05) is 6.92 Å². The summed E-state index contributed by atoms with van der Waals surface area (Å²) < 4.78 is 5.01. The number of hydrogen-bond donors (Lipinski definition) is 0. The molecule has 1 aliphatic heterocycles. The van der Waals surface area contributed by atoms with Gasteiger partial charge in [-0.3, -0.25) is 4.79 Å². The van der Waals surface area contributed by atoms with Gasteiger partial charge in [0.05, 0.1) is 11.9 Å². The van der Waals surface area contributed by atoms with Gasteiger partial charge in [-0.15, -0.1) is 23.1 Å². The average molecular weight is 346 g/mol. The number of thioether (sulfide) groups is 2. The van der Waals surface area contributed by atoms with E-state index in [-0.39, 0.29) is 23.3 Å². The number of hydrogen-bond acceptors (Lipinski definition) is 7. The summed E-state index contributed by atoms with van der Waals surface area (Å²) in [5.74, 6) is 1.61. The van der Waals surface area contributed by atoms with E-state index < -0.39 is 5.97 Å². The van der Waals surface area contributed by atoms with Gasteiger partial charge < -0.3 is 4.74 Å². The second-order valence-electron chi connectivity index (χ2n) is 4.62. The Labute approximate surface area is 137 Å². The number of ketones is 1. The molecule has 1 saturated heterocycles. The number of nitrogens with zero attached hydrogens (tertiary/aromatic N) is 1. The lowest BCUT2D eigenvalue weighted by atomic mass is 10.2. The van der Waals surface area contributed by atoms with Gasteiger partial charge in [0, 0.05) is 23.7 Å². The molecule has 7 heteroatoms. The molecule has 2 unspecified atom stereocenters. The molecule has 0 N–H and O–H groups in total. The molecule has 4 nitrogen and oxygen atoms in total. The van der Waals surface area contributed by atoms with E-state index in [1.54, 1.807) is 6.92 Å². The van der Waals surface area contributed by atoms with Gasteiger partial charge in [-0.05, 0) is 13.3 Å². The highest BCUT2D eigenvalue weighted by Gasteiger charge is 2.32. The maximum atomic E-state index is 12.0. The van der Waals surface area contributed by atoms with E-state index in [0.29, 0.717) is 10.1 Å². The number of aromatic nitrogens is 1. The Bertz CT molecular complexity index is 530. The molecule has 2 heterocycles. The highest BCUT2D eigenvalue weighted by Crippen LogP contribution is 2.45. The minimum absolute atomic E-state index is 0.122. The lowest BCUT2D eigenvalue weighted by Crippen LogP contribution is -2.18. The fourth-order valence-electron chi connectivity index (χ4n) is 2.17. The predicted molar refractivity (Wildman–Crippen MR) is 89.8 cm³/mol. The molecule has 0 aliphatic carbocycles. The zero-order valence-electron chi connectivity index (χ0n) is 12.4. The normalized spacial score (nSPS) is 22.0. The van der Waals surface area contributed by atoms with E-state index >= 15 is 0 Å². The summed E-state index contributed by atoms with van der Waals surface area (Å²) in [6, 6.07) is 0. The molecule has 1 aromatic rings. The third-order valence-corrected chi connectivity index (χ3v) is 7.77. The van der Waals surface area contributed by atoms with Crippen LogP contribution < -0.4 is 0 Å². The number of Topliss-reactive ketones (excluding diaryl/α,β-unsaturated/α-hetero) is 1. The molecule has 0 aromatic carbocycles. The van der Waals surface area contributed by atoms with E-state index in [1.165, 1.54) is 18.3 Å². The van der Waals surface area contributed by atoms with E-state index in [4.69, 9.17) is 4.74 Å². The van der Waals surface area contributed by atoms with Crippen molar-refractivity contribution < 1.29 is 14.3 Å². The third-order valence-electron chi connectivity index (χ3n) is 3.13. The van der Waals surface area contributed by atoms with E-state index in [1.807, 2.05) is 23.5 Å². The summed E-state index contributed by atoms with van der Waals surface area (Å²) in [5, 5.41) is 1.64. The van der Waals surface area contributed by atoms with E-state index in [2.05, 4.69) is 11.9 Å². The Kier molecular flexibility index (Phi) is 6.13. The summed E-state index contributed by atoms with van der Waals surface area (Å²) in [4.78, 5) is 28.6. The Morgan fingerprint density at radius 1 is 1.29 bits per heavy atom. The first-order chi connectivity index (χ1) is 10.1. The van der Waals surface area contributed by atoms with Crippen LogP contribution in [0, 0.1) is 0 Å². The molecule has 0 radical (unpaired) electrons. The maximum Gasteiger partial charge on any atom is 0.358 e. The van der Waals surface area contributed by atoms with Crippen molar-refractivity contribution in [2.24, 2.45) is 0 Å². The van der Waals surface area contributed by atoms with Crippen LogP contribution in [0.2, 0.25) is 0 Å². The standard InChI is InChI=1S/C14H19NO3S3/c1-4-9-12(20-7-6-19-9)13-15-10(14(17)18-5-2)11(21-13)8(3)16/h9,12H,4-7H2,1-3H3. The van der Waals surface area contributed by atoms with Crippen LogP contribution in [0.5, 0.6) is 0 Å². The van der Waals surface area contributed by atoms with Crippen LogP contribution in [-0.4, -0.2) is 40.1 Å². The fraction of sp³-hybridized carbons (Fsp3) is 0.643. The summed E-state index contributed by atoms with van der Waals surface area (Å²) in [6.07, 6.45) is 1.06. The lowest BCUT2D eigenvalue weighted by molar-refractivity contribution is 0.0517. The first-order valence-corrected chi connectivity index (χ1v) is 9.91. The second-order valence-corrected chi connectivity index (χ2v) is 8.24. The van der Waals surface area contributed by atoms with Gasteiger partial charge in [0.2, 0.25) is 0 Å². The van der Waals surface area contributed by atoms with Gasteiger partial charge in [-0.2, -0.15) is 11.8 Å². The fourth-order valence-corrected chi connectivity index (χ4v) is 6.54. The number of esters is 1. The van der Waals surface area contributed by atoms with Crippen molar-refractivity contribution in [1.82, 2.24) is 4.98 Å². The van der Waals surface area contributed by atoms with Gasteiger partial charge in [0.15, 0.2) is 11.5 Å². The van der Waals surface area contributed by atoms with Gasteiger partial charge in [-0.25, -0.2) is 9.78 Å². The van der Waals surface area contributed by atoms with Crippen LogP contribution in [0.25, 0.3) is 0 Å². The van der Waals surface area contributed by atoms with Crippen LogP contribution >= 0.6 is 34.9 Å². The Morgan fingerprint density at radius 3 is 2.62 bits per heavy atom. The minimum atomic E-state index is -0.494. The molecule has 2 atom stereocenters. The second kappa shape index (κ2) is 7.65. The van der Waals surface area contributed by atoms with Crippen LogP contribution in [0.1, 0.15) is 57.6 Å². The van der Waals surface area contributed by atoms with Crippen LogP contribution in [-0.2, 0) is 4.74 Å². The average Bonchev–Trinajstić information content (AvgIpc) is 2.92. The number of rotatable bonds is 5. The first-order valence-electron chi connectivity index (χ1n) is 7.00. The summed E-state index contributed by atoms with van der Waals surface area (Å²) in [6.45, 7) is 5.68. The molecule has 0 saturated carbocycles. The monoisotopic (exact) mass is 345 g/mol. The van der Waals surface area contributed by atoms with Crippen molar-refractivity contribution in [1.29, 1.82) is 0 Å². The maximum absolute atomic E-state index is 12.0. The molecule has 1 fully saturated rings. The van der Waals surface area contributed by atoms with Crippen molar-refractivity contribution >= 4 is 46.6 Å². The smallest absolute Gasteiger partial charge is 0.358 e. The lowest BCUT2D eigenvalue weighted by Gasteiger charge is -2.28. The Balaban J connectivity index is 2.34. The highest BCUT2D eigenvalue weighted by molar-refractivity contribution is 8.06. The molecule has 21 heavy (non-hydrogen) atoms. The quantitative estimate of drug-likeness (QED) is 0.597. The summed E-state index contributed by atoms with van der Waals surface area (Å²) >= 11 is 5.18. The molecule has 2 rings (SSSR count). The molecular formula is C14H19NO3S3. The molecule has 1 aromatic heterocycles. The molecule has 0 spiro atoms. The number of carbonyl (C=O) groups is 2. The summed E-state index contributed by atoms with van der Waals surface area (Å²) in [5.41, 5.74) is 0.190. The predicted octanol–water partition coefficient (Wildman–Crippen LogP) is 3.82. The number of thiazole rings is 1. The zero-order chi connectivity index (χ0) is 15.4. The van der Waals surface area contributed by atoms with Crippen LogP contribution in [0.3, 0.4) is 0 Å². The largest absolute Gasteiger partial charge is 0.461 e. The van der Waals surface area contributed by atoms with Gasteiger partial charge in [0.25, 0.3) is 0 Å². The van der Waals surface area contributed by atoms with Gasteiger partial charge in [0.1, 0.15) is 9.88 Å². The number of ether oxygens (including phenoxy) is 1. The molecule has 0 bridgehead atoms. The van der Waals surface area contributed by atoms with Crippen molar-refractivity contribution in [3.8, 4) is 0 Å². The Hall–Kier alpha value is -0.530. The van der Waals surface area contributed by atoms with Crippen LogP contribution in [0.15, 0.2) is 0 Å². The van der Waals surface area contributed by atoms with Crippen molar-refractivity contribution in [3.05, 3.63) is 15.6 Å². The topological polar surface area (TPSA) is 56.3 Å². The van der Waals surface area contributed by atoms with Crippen molar-refractivity contribution in [2.75, 3.05) is 18.1 Å². The van der Waals surface area contributed by atoms with Crippen LogP contribution in [0.4, 0.5) is 0 Å². The molecule has 0 amide bonds.